The molecule has 2 rings (SSSR count). The second-order valence-electron chi connectivity index (χ2n) is 7.77. The summed E-state index contributed by atoms with van der Waals surface area (Å²) >= 11 is 0. The molecule has 0 bridgehead atoms. The van der Waals surface area contributed by atoms with Gasteiger partial charge in [-0.2, -0.15) is 0 Å². The van der Waals surface area contributed by atoms with Crippen LogP contribution in [-0.2, 0) is 0 Å². The molecule has 1 unspecified atom stereocenters. The number of ether oxygens (including phenoxy) is 1. The van der Waals surface area contributed by atoms with Crippen molar-refractivity contribution < 1.29 is 4.74 Å². The van der Waals surface area contributed by atoms with Gasteiger partial charge in [-0.3, -0.25) is 4.99 Å². The molecule has 0 aliphatic carbocycles. The first kappa shape index (κ1) is 21.5. The van der Waals surface area contributed by atoms with Crippen molar-refractivity contribution in [3.05, 3.63) is 29.8 Å². The number of guanidine groups is 1. The third-order valence-corrected chi connectivity index (χ3v) is 5.46. The average molecular weight is 375 g/mol. The van der Waals surface area contributed by atoms with E-state index in [9.17, 15) is 0 Å². The first-order valence-corrected chi connectivity index (χ1v) is 10.5. The molecule has 1 aromatic carbocycles. The smallest absolute Gasteiger partial charge is 0.191 e. The summed E-state index contributed by atoms with van der Waals surface area (Å²) in [5.41, 5.74) is 1.34. The Balaban J connectivity index is 1.82. The van der Waals surface area contributed by atoms with Gasteiger partial charge >= 0.3 is 0 Å². The van der Waals surface area contributed by atoms with Gasteiger partial charge in [-0.1, -0.05) is 19.1 Å². The standard InChI is InChI=1S/C22H38N4O/c1-6-23-22(25-20-12-15-26(16-13-20)17(2)3)24-14-11-18(4)19-7-9-21(27-5)10-8-19/h7-10,17-18,20H,6,11-16H2,1-5H3,(H2,23,24,25). The van der Waals surface area contributed by atoms with Crippen LogP contribution in [0.15, 0.2) is 29.3 Å². The predicted octanol–water partition coefficient (Wildman–Crippen LogP) is 3.62. The van der Waals surface area contributed by atoms with Gasteiger partial charge in [0, 0.05) is 38.3 Å². The minimum atomic E-state index is 0.483. The van der Waals surface area contributed by atoms with Crippen molar-refractivity contribution in [1.82, 2.24) is 15.5 Å². The van der Waals surface area contributed by atoms with E-state index >= 15 is 0 Å². The number of nitrogens with one attached hydrogen (secondary N) is 2. The maximum atomic E-state index is 5.24. The molecule has 1 heterocycles. The van der Waals surface area contributed by atoms with Crippen LogP contribution in [0.5, 0.6) is 5.75 Å². The van der Waals surface area contributed by atoms with Crippen LogP contribution in [0.25, 0.3) is 0 Å². The number of rotatable bonds is 8. The molecule has 1 saturated heterocycles. The van der Waals surface area contributed by atoms with Crippen LogP contribution in [0, 0.1) is 0 Å². The molecule has 0 aromatic heterocycles. The number of aliphatic imine (C=N–C) groups is 1. The van der Waals surface area contributed by atoms with Gasteiger partial charge in [0.1, 0.15) is 5.75 Å². The Morgan fingerprint density at radius 1 is 1.19 bits per heavy atom. The third-order valence-electron chi connectivity index (χ3n) is 5.46. The molecule has 5 heteroatoms. The van der Waals surface area contributed by atoms with Gasteiger partial charge in [0.2, 0.25) is 0 Å². The second-order valence-corrected chi connectivity index (χ2v) is 7.77. The largest absolute Gasteiger partial charge is 0.497 e. The molecule has 152 valence electrons. The summed E-state index contributed by atoms with van der Waals surface area (Å²) in [5.74, 6) is 2.35. The van der Waals surface area contributed by atoms with E-state index in [4.69, 9.17) is 9.73 Å². The fourth-order valence-electron chi connectivity index (χ4n) is 3.54. The monoisotopic (exact) mass is 374 g/mol. The summed E-state index contributed by atoms with van der Waals surface area (Å²) in [6, 6.07) is 9.54. The van der Waals surface area contributed by atoms with Gasteiger partial charge in [-0.15, -0.1) is 0 Å². The summed E-state index contributed by atoms with van der Waals surface area (Å²) in [4.78, 5) is 7.37. The average Bonchev–Trinajstić information content (AvgIpc) is 2.68. The van der Waals surface area contributed by atoms with Crippen molar-refractivity contribution in [2.75, 3.05) is 33.3 Å². The van der Waals surface area contributed by atoms with Gasteiger partial charge in [0.15, 0.2) is 5.96 Å². The van der Waals surface area contributed by atoms with Crippen LogP contribution in [0.3, 0.4) is 0 Å². The van der Waals surface area contributed by atoms with Gasteiger partial charge in [-0.25, -0.2) is 0 Å². The Bertz CT molecular complexity index is 562. The molecule has 1 fully saturated rings. The number of hydrogen-bond donors (Lipinski definition) is 2. The minimum absolute atomic E-state index is 0.483. The van der Waals surface area contributed by atoms with Crippen LogP contribution in [0.1, 0.15) is 58.4 Å². The number of methoxy groups -OCH3 is 1. The summed E-state index contributed by atoms with van der Waals surface area (Å²) in [5, 5.41) is 7.04. The summed E-state index contributed by atoms with van der Waals surface area (Å²) in [6.45, 7) is 13.0. The maximum absolute atomic E-state index is 5.24. The van der Waals surface area contributed by atoms with Crippen LogP contribution in [-0.4, -0.2) is 56.2 Å². The zero-order chi connectivity index (χ0) is 19.6. The first-order valence-electron chi connectivity index (χ1n) is 10.5. The van der Waals surface area contributed by atoms with Crippen molar-refractivity contribution in [3.63, 3.8) is 0 Å². The molecule has 1 aliphatic heterocycles. The highest BCUT2D eigenvalue weighted by molar-refractivity contribution is 5.80. The molecular weight excluding hydrogens is 336 g/mol. The normalized spacial score (nSPS) is 17.8. The predicted molar refractivity (Wildman–Crippen MR) is 115 cm³/mol. The van der Waals surface area contributed by atoms with E-state index in [0.29, 0.717) is 18.0 Å². The molecule has 0 saturated carbocycles. The van der Waals surface area contributed by atoms with E-state index in [-0.39, 0.29) is 0 Å². The number of nitrogens with zero attached hydrogens (tertiary/aromatic N) is 2. The quantitative estimate of drug-likeness (QED) is 0.539. The highest BCUT2D eigenvalue weighted by Gasteiger charge is 2.21. The zero-order valence-electron chi connectivity index (χ0n) is 17.8. The summed E-state index contributed by atoms with van der Waals surface area (Å²) < 4.78 is 5.24. The molecule has 2 N–H and O–H groups in total. The number of benzene rings is 1. The van der Waals surface area contributed by atoms with Crippen LogP contribution in [0.4, 0.5) is 0 Å². The topological polar surface area (TPSA) is 48.9 Å². The van der Waals surface area contributed by atoms with Crippen LogP contribution in [0.2, 0.25) is 0 Å². The Morgan fingerprint density at radius 3 is 2.41 bits per heavy atom. The van der Waals surface area contributed by atoms with Crippen molar-refractivity contribution in [3.8, 4) is 5.75 Å². The molecule has 5 nitrogen and oxygen atoms in total. The van der Waals surface area contributed by atoms with E-state index in [0.717, 1.165) is 31.2 Å². The Morgan fingerprint density at radius 2 is 1.85 bits per heavy atom. The van der Waals surface area contributed by atoms with E-state index < -0.39 is 0 Å². The van der Waals surface area contributed by atoms with E-state index in [1.807, 2.05) is 12.1 Å². The van der Waals surface area contributed by atoms with Gasteiger partial charge < -0.3 is 20.3 Å². The summed E-state index contributed by atoms with van der Waals surface area (Å²) in [7, 11) is 1.70. The van der Waals surface area contributed by atoms with Gasteiger partial charge in [-0.05, 0) is 63.6 Å². The van der Waals surface area contributed by atoms with E-state index in [1.54, 1.807) is 7.11 Å². The molecule has 1 atom stereocenters. The van der Waals surface area contributed by atoms with E-state index in [1.165, 1.54) is 31.5 Å². The third kappa shape index (κ3) is 7.06. The second kappa shape index (κ2) is 11.2. The zero-order valence-corrected chi connectivity index (χ0v) is 17.8. The fourth-order valence-corrected chi connectivity index (χ4v) is 3.54. The van der Waals surface area contributed by atoms with Crippen molar-refractivity contribution in [2.24, 2.45) is 4.99 Å². The summed E-state index contributed by atoms with van der Waals surface area (Å²) in [6.07, 6.45) is 3.41. The lowest BCUT2D eigenvalue weighted by Crippen LogP contribution is -2.49. The molecule has 1 aromatic rings. The SMILES string of the molecule is CCNC(=NCCC(C)c1ccc(OC)cc1)NC1CCN(C(C)C)CC1. The molecule has 0 amide bonds. The lowest BCUT2D eigenvalue weighted by Gasteiger charge is -2.35. The number of hydrogen-bond acceptors (Lipinski definition) is 3. The van der Waals surface area contributed by atoms with Gasteiger partial charge in [0.25, 0.3) is 0 Å². The molecule has 1 aliphatic rings. The van der Waals surface area contributed by atoms with Crippen LogP contribution >= 0.6 is 0 Å². The molecular formula is C22H38N4O. The Hall–Kier alpha value is -1.75. The fraction of sp³-hybridized carbons (Fsp3) is 0.682. The maximum Gasteiger partial charge on any atom is 0.191 e. The van der Waals surface area contributed by atoms with Crippen LogP contribution < -0.4 is 15.4 Å². The number of likely N-dealkylation sites (tertiary alicyclic amines) is 1. The van der Waals surface area contributed by atoms with E-state index in [2.05, 4.69) is 55.4 Å². The highest BCUT2D eigenvalue weighted by Crippen LogP contribution is 2.21. The van der Waals surface area contributed by atoms with Crippen molar-refractivity contribution in [2.45, 2.75) is 65.0 Å². The minimum Gasteiger partial charge on any atom is -0.497 e. The van der Waals surface area contributed by atoms with Crippen molar-refractivity contribution in [1.29, 1.82) is 0 Å². The highest BCUT2D eigenvalue weighted by atomic mass is 16.5. The molecule has 0 spiro atoms. The number of piperidine rings is 1. The Kier molecular flexibility index (Phi) is 8.92. The molecule has 27 heavy (non-hydrogen) atoms. The lowest BCUT2D eigenvalue weighted by molar-refractivity contribution is 0.167. The van der Waals surface area contributed by atoms with Crippen molar-refractivity contribution >= 4 is 5.96 Å². The molecule has 0 radical (unpaired) electrons. The Labute approximate surface area is 165 Å². The van der Waals surface area contributed by atoms with Gasteiger partial charge in [0.05, 0.1) is 7.11 Å². The first-order chi connectivity index (χ1) is 13.0. The lowest BCUT2D eigenvalue weighted by atomic mass is 9.98.